The number of aromatic nitrogens is 4. The number of unbranched alkanes of at least 4 members (excludes halogenated alkanes) is 1. The van der Waals surface area contributed by atoms with E-state index in [-0.39, 0.29) is 6.79 Å². The Morgan fingerprint density at radius 3 is 2.97 bits per heavy atom. The normalized spacial score (nSPS) is 12.2. The lowest BCUT2D eigenvalue weighted by molar-refractivity contribution is 0.143. The van der Waals surface area contributed by atoms with Crippen LogP contribution in [0.4, 0.5) is 10.6 Å². The van der Waals surface area contributed by atoms with E-state index in [0.29, 0.717) is 60.4 Å². The number of fused-ring (bicyclic) bond motifs is 2. The van der Waals surface area contributed by atoms with E-state index in [9.17, 15) is 4.79 Å². The SMILES string of the molecule is Nc1nc(-c2ccoc2)nc2c1ncn2CCCCOC(=O)NCc1ccc2c(c1)OCO2. The van der Waals surface area contributed by atoms with Crippen molar-refractivity contribution >= 4 is 23.1 Å². The van der Waals surface area contributed by atoms with Crippen molar-refractivity contribution in [3.05, 3.63) is 48.7 Å². The van der Waals surface area contributed by atoms with Crippen LogP contribution in [0.3, 0.4) is 0 Å². The molecule has 0 aliphatic carbocycles. The molecule has 3 N–H and O–H groups in total. The summed E-state index contributed by atoms with van der Waals surface area (Å²) in [7, 11) is 0. The van der Waals surface area contributed by atoms with Gasteiger partial charge in [0.25, 0.3) is 0 Å². The number of benzene rings is 1. The molecule has 1 aliphatic rings. The number of ether oxygens (including phenoxy) is 3. The Kier molecular flexibility index (Phi) is 5.66. The molecule has 170 valence electrons. The zero-order valence-corrected chi connectivity index (χ0v) is 17.7. The summed E-state index contributed by atoms with van der Waals surface area (Å²) in [5.74, 6) is 2.19. The van der Waals surface area contributed by atoms with E-state index in [1.165, 1.54) is 0 Å². The van der Waals surface area contributed by atoms with E-state index in [1.54, 1.807) is 24.9 Å². The Balaban J connectivity index is 1.08. The molecule has 0 radical (unpaired) electrons. The minimum atomic E-state index is -0.467. The highest BCUT2D eigenvalue weighted by Gasteiger charge is 2.14. The first-order valence-electron chi connectivity index (χ1n) is 10.5. The van der Waals surface area contributed by atoms with Gasteiger partial charge >= 0.3 is 6.09 Å². The van der Waals surface area contributed by atoms with Crippen molar-refractivity contribution in [2.75, 3.05) is 19.1 Å². The second-order valence-electron chi connectivity index (χ2n) is 7.44. The Bertz CT molecular complexity index is 1270. The Labute approximate surface area is 188 Å². The number of nitrogens with two attached hydrogens (primary N) is 1. The number of aryl methyl sites for hydroxylation is 1. The molecular weight excluding hydrogens is 428 g/mol. The molecule has 0 atom stereocenters. The molecular formula is C22H22N6O5. The Hall–Kier alpha value is -4.28. The zero-order chi connectivity index (χ0) is 22.6. The fourth-order valence-corrected chi connectivity index (χ4v) is 3.48. The third-order valence-electron chi connectivity index (χ3n) is 5.17. The largest absolute Gasteiger partial charge is 0.472 e. The maximum absolute atomic E-state index is 12.0. The summed E-state index contributed by atoms with van der Waals surface area (Å²) in [6.07, 6.45) is 5.80. The maximum atomic E-state index is 12.0. The van der Waals surface area contributed by atoms with E-state index in [2.05, 4.69) is 20.3 Å². The first-order chi connectivity index (χ1) is 16.2. The third-order valence-corrected chi connectivity index (χ3v) is 5.17. The van der Waals surface area contributed by atoms with Crippen molar-refractivity contribution in [2.45, 2.75) is 25.9 Å². The van der Waals surface area contributed by atoms with E-state index < -0.39 is 6.09 Å². The number of furan rings is 1. The molecule has 1 aliphatic heterocycles. The van der Waals surface area contributed by atoms with Gasteiger partial charge in [0, 0.05) is 13.1 Å². The van der Waals surface area contributed by atoms with Crippen LogP contribution in [0.5, 0.6) is 11.5 Å². The van der Waals surface area contributed by atoms with Crippen LogP contribution in [0, 0.1) is 0 Å². The van der Waals surface area contributed by atoms with Gasteiger partial charge in [-0.15, -0.1) is 0 Å². The molecule has 33 heavy (non-hydrogen) atoms. The van der Waals surface area contributed by atoms with Crippen LogP contribution in [-0.4, -0.2) is 39.0 Å². The van der Waals surface area contributed by atoms with Crippen LogP contribution in [0.2, 0.25) is 0 Å². The number of alkyl carbamates (subject to hydrolysis) is 1. The number of amides is 1. The van der Waals surface area contributed by atoms with Crippen molar-refractivity contribution < 1.29 is 23.4 Å². The second-order valence-corrected chi connectivity index (χ2v) is 7.44. The van der Waals surface area contributed by atoms with Crippen LogP contribution in [0.15, 0.2) is 47.5 Å². The maximum Gasteiger partial charge on any atom is 0.407 e. The lowest BCUT2D eigenvalue weighted by Crippen LogP contribution is -2.24. The monoisotopic (exact) mass is 450 g/mol. The van der Waals surface area contributed by atoms with Gasteiger partial charge in [0.1, 0.15) is 11.8 Å². The van der Waals surface area contributed by atoms with Crippen molar-refractivity contribution in [1.82, 2.24) is 24.8 Å². The van der Waals surface area contributed by atoms with Gasteiger partial charge in [-0.2, -0.15) is 0 Å². The highest BCUT2D eigenvalue weighted by molar-refractivity contribution is 5.83. The van der Waals surface area contributed by atoms with Crippen LogP contribution in [0.25, 0.3) is 22.6 Å². The summed E-state index contributed by atoms with van der Waals surface area (Å²) in [6, 6.07) is 7.31. The smallest absolute Gasteiger partial charge is 0.407 e. The molecule has 11 nitrogen and oxygen atoms in total. The minimum Gasteiger partial charge on any atom is -0.472 e. The number of hydrogen-bond donors (Lipinski definition) is 2. The Morgan fingerprint density at radius 2 is 2.09 bits per heavy atom. The van der Waals surface area contributed by atoms with Crippen molar-refractivity contribution in [2.24, 2.45) is 0 Å². The molecule has 3 aromatic heterocycles. The van der Waals surface area contributed by atoms with Gasteiger partial charge < -0.3 is 34.2 Å². The van der Waals surface area contributed by atoms with Gasteiger partial charge in [-0.3, -0.25) is 0 Å². The highest BCUT2D eigenvalue weighted by atomic mass is 16.7. The average molecular weight is 450 g/mol. The van der Waals surface area contributed by atoms with E-state index in [4.69, 9.17) is 24.4 Å². The molecule has 11 heteroatoms. The van der Waals surface area contributed by atoms with Gasteiger partial charge in [-0.05, 0) is 36.6 Å². The predicted molar refractivity (Wildman–Crippen MR) is 117 cm³/mol. The van der Waals surface area contributed by atoms with Gasteiger partial charge in [0.05, 0.1) is 24.8 Å². The molecule has 0 saturated carbocycles. The topological polar surface area (TPSA) is 140 Å². The number of carbonyl (C=O) groups excluding carboxylic acids is 1. The average Bonchev–Trinajstić information content (AvgIpc) is 3.58. The van der Waals surface area contributed by atoms with E-state index in [0.717, 1.165) is 17.5 Å². The van der Waals surface area contributed by atoms with Crippen LogP contribution in [-0.2, 0) is 17.8 Å². The lowest BCUT2D eigenvalue weighted by atomic mass is 10.2. The highest BCUT2D eigenvalue weighted by Crippen LogP contribution is 2.32. The van der Waals surface area contributed by atoms with Gasteiger partial charge in [0.15, 0.2) is 28.8 Å². The lowest BCUT2D eigenvalue weighted by Gasteiger charge is -2.08. The molecule has 4 aromatic rings. The second kappa shape index (κ2) is 9.07. The number of hydrogen-bond acceptors (Lipinski definition) is 9. The zero-order valence-electron chi connectivity index (χ0n) is 17.7. The van der Waals surface area contributed by atoms with Crippen molar-refractivity contribution in [1.29, 1.82) is 0 Å². The van der Waals surface area contributed by atoms with Gasteiger partial charge in [-0.25, -0.2) is 19.7 Å². The van der Waals surface area contributed by atoms with Crippen LogP contribution < -0.4 is 20.5 Å². The molecule has 1 amide bonds. The first kappa shape index (κ1) is 20.6. The summed E-state index contributed by atoms with van der Waals surface area (Å²) in [5, 5.41) is 2.73. The van der Waals surface area contributed by atoms with Gasteiger partial charge in [0.2, 0.25) is 6.79 Å². The number of imidazole rings is 1. The van der Waals surface area contributed by atoms with E-state index in [1.807, 2.05) is 22.8 Å². The molecule has 1 aromatic carbocycles. The van der Waals surface area contributed by atoms with Crippen LogP contribution >= 0.6 is 0 Å². The predicted octanol–water partition coefficient (Wildman–Crippen LogP) is 3.10. The molecule has 0 fully saturated rings. The Morgan fingerprint density at radius 1 is 1.18 bits per heavy atom. The number of anilines is 1. The number of carbonyl (C=O) groups is 1. The summed E-state index contributed by atoms with van der Waals surface area (Å²) in [6.45, 7) is 1.52. The summed E-state index contributed by atoms with van der Waals surface area (Å²) in [4.78, 5) is 25.2. The number of nitrogens with one attached hydrogen (secondary N) is 1. The van der Waals surface area contributed by atoms with Crippen LogP contribution in [0.1, 0.15) is 18.4 Å². The standard InChI is InChI=1S/C22H22N6O5/c23-19-18-21(27-20(26-19)15-5-8-30-11-15)28(12-25-18)6-1-2-7-31-22(29)24-10-14-3-4-16-17(9-14)33-13-32-16/h3-5,8-9,11-12H,1-2,6-7,10,13H2,(H,24,29)(H2,23,26,27). The molecule has 0 saturated heterocycles. The number of nitrogen functional groups attached to an aromatic ring is 1. The molecule has 0 bridgehead atoms. The summed E-state index contributed by atoms with van der Waals surface area (Å²) < 4.78 is 22.9. The van der Waals surface area contributed by atoms with Crippen molar-refractivity contribution in [3.8, 4) is 22.9 Å². The number of rotatable bonds is 8. The fourth-order valence-electron chi connectivity index (χ4n) is 3.48. The molecule has 0 unspecified atom stereocenters. The van der Waals surface area contributed by atoms with E-state index >= 15 is 0 Å². The number of nitrogens with zero attached hydrogens (tertiary/aromatic N) is 4. The molecule has 5 rings (SSSR count). The molecule has 0 spiro atoms. The summed E-state index contributed by atoms with van der Waals surface area (Å²) in [5.41, 5.74) is 8.91. The van der Waals surface area contributed by atoms with Crippen molar-refractivity contribution in [3.63, 3.8) is 0 Å². The fraction of sp³-hybridized carbons (Fsp3) is 0.273. The first-order valence-corrected chi connectivity index (χ1v) is 10.5. The minimum absolute atomic E-state index is 0.217. The third kappa shape index (κ3) is 4.52. The summed E-state index contributed by atoms with van der Waals surface area (Å²) >= 11 is 0. The quantitative estimate of drug-likeness (QED) is 0.388. The van der Waals surface area contributed by atoms with Gasteiger partial charge in [-0.1, -0.05) is 6.07 Å². The molecule has 4 heterocycles.